The van der Waals surface area contributed by atoms with Crippen molar-refractivity contribution in [3.8, 4) is 0 Å². The highest BCUT2D eigenvalue weighted by molar-refractivity contribution is 5.94. The van der Waals surface area contributed by atoms with Gasteiger partial charge in [0.25, 0.3) is 5.91 Å². The van der Waals surface area contributed by atoms with Crippen molar-refractivity contribution in [2.45, 2.75) is 38.5 Å². The average molecular weight is 311 g/mol. The zero-order chi connectivity index (χ0) is 16.3. The van der Waals surface area contributed by atoms with E-state index in [0.717, 1.165) is 17.7 Å². The molecular weight excluding hydrogens is 286 g/mol. The van der Waals surface area contributed by atoms with Crippen LogP contribution in [-0.2, 0) is 20.6 Å². The molecule has 7 nitrogen and oxygen atoms in total. The number of ether oxygens (including phenoxy) is 3. The third kappa shape index (κ3) is 3.02. The smallest absolute Gasteiger partial charge is 0.274 e. The normalized spacial score (nSPS) is 25.2. The largest absolute Gasteiger partial charge is 0.376 e. The summed E-state index contributed by atoms with van der Waals surface area (Å²) >= 11 is 0. The topological polar surface area (TPSA) is 76.7 Å². The second-order valence-electron chi connectivity index (χ2n) is 5.52. The summed E-state index contributed by atoms with van der Waals surface area (Å²) in [5.74, 6) is -0.138. The lowest BCUT2D eigenvalue weighted by Gasteiger charge is -2.40. The van der Waals surface area contributed by atoms with E-state index in [2.05, 4.69) is 10.2 Å². The predicted molar refractivity (Wildman–Crippen MR) is 81.0 cm³/mol. The van der Waals surface area contributed by atoms with Crippen LogP contribution in [-0.4, -0.2) is 73.7 Å². The Morgan fingerprint density at radius 2 is 2.14 bits per heavy atom. The number of aromatic amines is 1. The Balaban J connectivity index is 2.19. The van der Waals surface area contributed by atoms with Gasteiger partial charge in [-0.3, -0.25) is 9.89 Å². The van der Waals surface area contributed by atoms with Gasteiger partial charge in [-0.25, -0.2) is 0 Å². The molecule has 0 aromatic carbocycles. The predicted octanol–water partition coefficient (Wildman–Crippen LogP) is 0.781. The molecule has 1 N–H and O–H groups in total. The van der Waals surface area contributed by atoms with Gasteiger partial charge in [-0.1, -0.05) is 6.92 Å². The maximum Gasteiger partial charge on any atom is 0.274 e. The summed E-state index contributed by atoms with van der Waals surface area (Å²) in [5, 5.41) is 7.09. The summed E-state index contributed by atoms with van der Waals surface area (Å²) in [5.41, 5.74) is 2.33. The minimum atomic E-state index is -0.224. The first-order valence-corrected chi connectivity index (χ1v) is 7.49. The molecule has 0 aliphatic carbocycles. The Bertz CT molecular complexity index is 517. The van der Waals surface area contributed by atoms with Crippen LogP contribution in [0.2, 0.25) is 0 Å². The minimum absolute atomic E-state index is 0.138. The molecule has 0 bridgehead atoms. The fraction of sp³-hybridized carbons (Fsp3) is 0.733. The SMILES string of the molecule is CCc1[nH]nc(C(=O)N(C)[C@@H]2COC[C@@H](OC)[C@H]2OC)c1C. The Morgan fingerprint density at radius 3 is 2.68 bits per heavy atom. The number of carbonyl (C=O) groups is 1. The van der Waals surface area contributed by atoms with Gasteiger partial charge in [-0.05, 0) is 13.3 Å². The number of rotatable bonds is 5. The number of methoxy groups -OCH3 is 2. The molecule has 124 valence electrons. The van der Waals surface area contributed by atoms with Crippen LogP contribution in [0, 0.1) is 6.92 Å². The molecule has 0 unspecified atom stereocenters. The summed E-state index contributed by atoms with van der Waals surface area (Å²) in [6.45, 7) is 4.82. The van der Waals surface area contributed by atoms with Crippen molar-refractivity contribution in [1.82, 2.24) is 15.1 Å². The number of aryl methyl sites for hydroxylation is 1. The fourth-order valence-corrected chi connectivity index (χ4v) is 2.89. The second-order valence-corrected chi connectivity index (χ2v) is 5.52. The zero-order valence-electron chi connectivity index (χ0n) is 13.9. The van der Waals surface area contributed by atoms with Crippen LogP contribution >= 0.6 is 0 Å². The minimum Gasteiger partial charge on any atom is -0.376 e. The lowest BCUT2D eigenvalue weighted by atomic mass is 10.0. The Hall–Kier alpha value is -1.44. The van der Waals surface area contributed by atoms with E-state index in [4.69, 9.17) is 14.2 Å². The van der Waals surface area contributed by atoms with Gasteiger partial charge in [-0.2, -0.15) is 5.10 Å². The van der Waals surface area contributed by atoms with Crippen molar-refractivity contribution in [3.63, 3.8) is 0 Å². The first-order chi connectivity index (χ1) is 10.5. The van der Waals surface area contributed by atoms with Crippen LogP contribution in [0.15, 0.2) is 0 Å². The lowest BCUT2D eigenvalue weighted by Crippen LogP contribution is -2.57. The molecule has 2 heterocycles. The molecule has 0 spiro atoms. The number of likely N-dealkylation sites (N-methyl/N-ethyl adjacent to an activating group) is 1. The van der Waals surface area contributed by atoms with Gasteiger partial charge < -0.3 is 19.1 Å². The Morgan fingerprint density at radius 1 is 1.41 bits per heavy atom. The summed E-state index contributed by atoms with van der Waals surface area (Å²) in [6, 6.07) is -0.211. The molecule has 1 fully saturated rings. The molecule has 0 radical (unpaired) electrons. The van der Waals surface area contributed by atoms with E-state index < -0.39 is 0 Å². The van der Waals surface area contributed by atoms with E-state index >= 15 is 0 Å². The van der Waals surface area contributed by atoms with E-state index in [1.165, 1.54) is 0 Å². The van der Waals surface area contributed by atoms with Crippen molar-refractivity contribution in [1.29, 1.82) is 0 Å². The molecule has 22 heavy (non-hydrogen) atoms. The Labute approximate surface area is 130 Å². The van der Waals surface area contributed by atoms with Crippen molar-refractivity contribution in [3.05, 3.63) is 17.0 Å². The van der Waals surface area contributed by atoms with Crippen LogP contribution in [0.4, 0.5) is 0 Å². The number of aromatic nitrogens is 2. The molecule has 0 saturated carbocycles. The third-order valence-electron chi connectivity index (χ3n) is 4.38. The maximum absolute atomic E-state index is 12.7. The van der Waals surface area contributed by atoms with Gasteiger partial charge in [0.05, 0.1) is 19.3 Å². The number of hydrogen-bond acceptors (Lipinski definition) is 5. The van der Waals surface area contributed by atoms with Crippen LogP contribution in [0.3, 0.4) is 0 Å². The monoisotopic (exact) mass is 311 g/mol. The number of hydrogen-bond donors (Lipinski definition) is 1. The second kappa shape index (κ2) is 7.21. The molecule has 1 aliphatic rings. The van der Waals surface area contributed by atoms with Gasteiger partial charge in [0, 0.05) is 32.5 Å². The number of nitrogens with one attached hydrogen (secondary N) is 1. The highest BCUT2D eigenvalue weighted by atomic mass is 16.6. The van der Waals surface area contributed by atoms with Gasteiger partial charge in [0.2, 0.25) is 0 Å². The lowest BCUT2D eigenvalue weighted by molar-refractivity contribution is -0.147. The molecule has 1 aliphatic heterocycles. The first kappa shape index (κ1) is 16.9. The fourth-order valence-electron chi connectivity index (χ4n) is 2.89. The highest BCUT2D eigenvalue weighted by Crippen LogP contribution is 2.21. The summed E-state index contributed by atoms with van der Waals surface area (Å²) in [4.78, 5) is 14.4. The molecule has 2 rings (SSSR count). The number of nitrogens with zero attached hydrogens (tertiary/aromatic N) is 2. The Kier molecular flexibility index (Phi) is 5.55. The van der Waals surface area contributed by atoms with Crippen molar-refractivity contribution < 1.29 is 19.0 Å². The van der Waals surface area contributed by atoms with E-state index in [-0.39, 0.29) is 24.2 Å². The quantitative estimate of drug-likeness (QED) is 0.869. The van der Waals surface area contributed by atoms with E-state index in [9.17, 15) is 4.79 Å². The van der Waals surface area contributed by atoms with Gasteiger partial charge in [0.1, 0.15) is 12.2 Å². The van der Waals surface area contributed by atoms with E-state index in [1.54, 1.807) is 26.2 Å². The van der Waals surface area contributed by atoms with Crippen molar-refractivity contribution in [2.75, 3.05) is 34.5 Å². The summed E-state index contributed by atoms with van der Waals surface area (Å²) in [6.07, 6.45) is 0.400. The molecule has 1 saturated heterocycles. The van der Waals surface area contributed by atoms with Crippen LogP contribution in [0.5, 0.6) is 0 Å². The van der Waals surface area contributed by atoms with Crippen LogP contribution < -0.4 is 0 Å². The van der Waals surface area contributed by atoms with E-state index in [0.29, 0.717) is 18.9 Å². The molecular formula is C15H25N3O4. The van der Waals surface area contributed by atoms with Crippen LogP contribution in [0.1, 0.15) is 28.7 Å². The van der Waals surface area contributed by atoms with E-state index in [1.807, 2.05) is 13.8 Å². The van der Waals surface area contributed by atoms with Crippen LogP contribution in [0.25, 0.3) is 0 Å². The molecule has 1 amide bonds. The maximum atomic E-state index is 12.7. The molecule has 3 atom stereocenters. The molecule has 1 aromatic heterocycles. The highest BCUT2D eigenvalue weighted by Gasteiger charge is 2.39. The number of carbonyl (C=O) groups excluding carboxylic acids is 1. The van der Waals surface area contributed by atoms with Gasteiger partial charge in [-0.15, -0.1) is 0 Å². The molecule has 1 aromatic rings. The summed E-state index contributed by atoms with van der Waals surface area (Å²) in [7, 11) is 5.00. The van der Waals surface area contributed by atoms with Crippen molar-refractivity contribution >= 4 is 5.91 Å². The van der Waals surface area contributed by atoms with Crippen molar-refractivity contribution in [2.24, 2.45) is 0 Å². The number of amides is 1. The number of H-pyrrole nitrogens is 1. The van der Waals surface area contributed by atoms with Gasteiger partial charge >= 0.3 is 0 Å². The first-order valence-electron chi connectivity index (χ1n) is 7.49. The van der Waals surface area contributed by atoms with Gasteiger partial charge in [0.15, 0.2) is 5.69 Å². The third-order valence-corrected chi connectivity index (χ3v) is 4.38. The summed E-state index contributed by atoms with van der Waals surface area (Å²) < 4.78 is 16.5. The zero-order valence-corrected chi connectivity index (χ0v) is 13.9. The molecule has 7 heteroatoms. The average Bonchev–Trinajstić information content (AvgIpc) is 2.93. The standard InChI is InChI=1S/C15H25N3O4/c1-6-10-9(2)13(17-16-10)15(19)18(3)11-7-22-8-12(20-4)14(11)21-5/h11-12,14H,6-8H2,1-5H3,(H,16,17)/t11-,12-,14+/m1/s1.